The third-order valence-electron chi connectivity index (χ3n) is 3.39. The Kier molecular flexibility index (Phi) is 7.81. The van der Waals surface area contributed by atoms with Gasteiger partial charge in [-0.2, -0.15) is 0 Å². The Hall–Kier alpha value is -2.18. The van der Waals surface area contributed by atoms with Gasteiger partial charge in [0, 0.05) is 30.6 Å². The summed E-state index contributed by atoms with van der Waals surface area (Å²) in [6, 6.07) is 14.5. The van der Waals surface area contributed by atoms with E-state index >= 15 is 0 Å². The van der Waals surface area contributed by atoms with Crippen molar-refractivity contribution in [2.24, 2.45) is 0 Å². The van der Waals surface area contributed by atoms with Gasteiger partial charge in [-0.3, -0.25) is 9.59 Å². The predicted octanol–water partition coefficient (Wildman–Crippen LogP) is 3.68. The highest BCUT2D eigenvalue weighted by molar-refractivity contribution is 7.99. The van der Waals surface area contributed by atoms with E-state index in [4.69, 9.17) is 16.3 Å². The number of amides is 2. The van der Waals surface area contributed by atoms with E-state index in [0.717, 1.165) is 11.3 Å². The zero-order valence-electron chi connectivity index (χ0n) is 14.7. The van der Waals surface area contributed by atoms with Gasteiger partial charge in [-0.1, -0.05) is 23.7 Å². The van der Waals surface area contributed by atoms with Crippen molar-refractivity contribution >= 4 is 40.9 Å². The monoisotopic (exact) mass is 392 g/mol. The maximum absolute atomic E-state index is 12.0. The lowest BCUT2D eigenvalue weighted by molar-refractivity contribution is -0.130. The standard InChI is InChI=1S/C19H21ClN2O3S/c1-22(2)19(24)11-25-17-8-6-16(7-9-17)21-18(23)13-26-12-14-4-3-5-15(20)10-14/h3-10H,11-13H2,1-2H3,(H,21,23). The molecule has 2 aromatic carbocycles. The highest BCUT2D eigenvalue weighted by Gasteiger charge is 2.06. The summed E-state index contributed by atoms with van der Waals surface area (Å²) in [6.07, 6.45) is 0. The second-order valence-corrected chi connectivity index (χ2v) is 7.19. The summed E-state index contributed by atoms with van der Waals surface area (Å²) >= 11 is 7.46. The number of rotatable bonds is 8. The van der Waals surface area contributed by atoms with Crippen LogP contribution in [0.2, 0.25) is 5.02 Å². The van der Waals surface area contributed by atoms with Crippen molar-refractivity contribution < 1.29 is 14.3 Å². The largest absolute Gasteiger partial charge is 0.484 e. The molecule has 1 N–H and O–H groups in total. The predicted molar refractivity (Wildman–Crippen MR) is 107 cm³/mol. The number of nitrogens with one attached hydrogen (secondary N) is 1. The van der Waals surface area contributed by atoms with Crippen molar-refractivity contribution in [1.82, 2.24) is 4.90 Å². The minimum absolute atomic E-state index is 0.0150. The Balaban J connectivity index is 1.74. The van der Waals surface area contributed by atoms with E-state index in [1.807, 2.05) is 24.3 Å². The molecule has 0 fully saturated rings. The normalized spacial score (nSPS) is 10.3. The van der Waals surface area contributed by atoms with Gasteiger partial charge in [0.1, 0.15) is 5.75 Å². The van der Waals surface area contributed by atoms with Crippen LogP contribution in [0.1, 0.15) is 5.56 Å². The van der Waals surface area contributed by atoms with Gasteiger partial charge in [0.15, 0.2) is 6.61 Å². The molecule has 0 aliphatic heterocycles. The molecule has 0 saturated heterocycles. The van der Waals surface area contributed by atoms with Gasteiger partial charge in [-0.15, -0.1) is 11.8 Å². The first-order valence-corrected chi connectivity index (χ1v) is 9.52. The number of benzene rings is 2. The molecule has 0 unspecified atom stereocenters. The van der Waals surface area contributed by atoms with Gasteiger partial charge >= 0.3 is 0 Å². The molecule has 0 spiro atoms. The quantitative estimate of drug-likeness (QED) is 0.744. The van der Waals surface area contributed by atoms with Crippen molar-refractivity contribution in [1.29, 1.82) is 0 Å². The smallest absolute Gasteiger partial charge is 0.259 e. The van der Waals surface area contributed by atoms with E-state index in [2.05, 4.69) is 5.32 Å². The Morgan fingerprint density at radius 3 is 2.54 bits per heavy atom. The Morgan fingerprint density at radius 1 is 1.15 bits per heavy atom. The molecule has 138 valence electrons. The molecule has 2 rings (SSSR count). The number of ether oxygens (including phenoxy) is 1. The molecule has 0 aliphatic rings. The van der Waals surface area contributed by atoms with Crippen LogP contribution in [0.15, 0.2) is 48.5 Å². The topological polar surface area (TPSA) is 58.6 Å². The second-order valence-electron chi connectivity index (χ2n) is 5.77. The summed E-state index contributed by atoms with van der Waals surface area (Å²) in [6.45, 7) is -0.0150. The Bertz CT molecular complexity index is 751. The minimum atomic E-state index is -0.112. The molecule has 2 aromatic rings. The van der Waals surface area contributed by atoms with Crippen LogP contribution in [0, 0.1) is 0 Å². The zero-order chi connectivity index (χ0) is 18.9. The molecule has 0 aromatic heterocycles. The summed E-state index contributed by atoms with van der Waals surface area (Å²) in [7, 11) is 3.35. The summed E-state index contributed by atoms with van der Waals surface area (Å²) in [5.74, 6) is 1.46. The third kappa shape index (κ3) is 6.98. The lowest BCUT2D eigenvalue weighted by Gasteiger charge is -2.11. The maximum atomic E-state index is 12.0. The fourth-order valence-electron chi connectivity index (χ4n) is 1.99. The Morgan fingerprint density at radius 2 is 1.88 bits per heavy atom. The van der Waals surface area contributed by atoms with Gasteiger partial charge in [-0.25, -0.2) is 0 Å². The molecule has 0 atom stereocenters. The highest BCUT2D eigenvalue weighted by Crippen LogP contribution is 2.18. The fraction of sp³-hybridized carbons (Fsp3) is 0.263. The van der Waals surface area contributed by atoms with Gasteiger partial charge in [0.2, 0.25) is 5.91 Å². The van der Waals surface area contributed by atoms with Crippen LogP contribution < -0.4 is 10.1 Å². The molecule has 0 heterocycles. The first kappa shape index (κ1) is 20.1. The van der Waals surface area contributed by atoms with E-state index in [9.17, 15) is 9.59 Å². The van der Waals surface area contributed by atoms with Crippen molar-refractivity contribution in [3.05, 3.63) is 59.1 Å². The number of likely N-dealkylation sites (N-methyl/N-ethyl adjacent to an activating group) is 1. The average Bonchev–Trinajstić information content (AvgIpc) is 2.61. The molecule has 5 nitrogen and oxygen atoms in total. The summed E-state index contributed by atoms with van der Waals surface area (Å²) < 4.78 is 5.39. The lowest BCUT2D eigenvalue weighted by atomic mass is 10.2. The SMILES string of the molecule is CN(C)C(=O)COc1ccc(NC(=O)CSCc2cccc(Cl)c2)cc1. The number of carbonyl (C=O) groups excluding carboxylic acids is 2. The zero-order valence-corrected chi connectivity index (χ0v) is 16.3. The number of halogens is 1. The van der Waals surface area contributed by atoms with Crippen molar-refractivity contribution in [2.75, 3.05) is 31.8 Å². The molecule has 0 aliphatic carbocycles. The molecule has 26 heavy (non-hydrogen) atoms. The van der Waals surface area contributed by atoms with Crippen LogP contribution in [0.25, 0.3) is 0 Å². The minimum Gasteiger partial charge on any atom is -0.484 e. The van der Waals surface area contributed by atoms with E-state index in [1.54, 1.807) is 38.4 Å². The number of carbonyl (C=O) groups is 2. The van der Waals surface area contributed by atoms with E-state index in [0.29, 0.717) is 22.2 Å². The number of nitrogens with zero attached hydrogens (tertiary/aromatic N) is 1. The van der Waals surface area contributed by atoms with Crippen molar-refractivity contribution in [3.63, 3.8) is 0 Å². The first-order valence-electron chi connectivity index (χ1n) is 7.99. The summed E-state index contributed by atoms with van der Waals surface area (Å²) in [4.78, 5) is 25.0. The molecular weight excluding hydrogens is 372 g/mol. The van der Waals surface area contributed by atoms with Gasteiger partial charge in [-0.05, 0) is 42.0 Å². The Labute approximate surface area is 162 Å². The molecule has 7 heteroatoms. The number of hydrogen-bond donors (Lipinski definition) is 1. The fourth-order valence-corrected chi connectivity index (χ4v) is 2.98. The maximum Gasteiger partial charge on any atom is 0.259 e. The van der Waals surface area contributed by atoms with Crippen LogP contribution in [0.5, 0.6) is 5.75 Å². The second kappa shape index (κ2) is 10.1. The van der Waals surface area contributed by atoms with Crippen LogP contribution in [-0.2, 0) is 15.3 Å². The lowest BCUT2D eigenvalue weighted by Crippen LogP contribution is -2.27. The van der Waals surface area contributed by atoms with Gasteiger partial charge in [0.25, 0.3) is 5.91 Å². The summed E-state index contributed by atoms with van der Waals surface area (Å²) in [5.41, 5.74) is 1.77. The average molecular weight is 393 g/mol. The number of anilines is 1. The molecular formula is C19H21ClN2O3S. The number of thioether (sulfide) groups is 1. The van der Waals surface area contributed by atoms with Crippen LogP contribution in [0.4, 0.5) is 5.69 Å². The molecule has 0 bridgehead atoms. The van der Waals surface area contributed by atoms with Crippen LogP contribution in [-0.4, -0.2) is 43.2 Å². The summed E-state index contributed by atoms with van der Waals surface area (Å²) in [5, 5.41) is 3.53. The number of hydrogen-bond acceptors (Lipinski definition) is 4. The molecule has 2 amide bonds. The first-order chi connectivity index (χ1) is 12.4. The van der Waals surface area contributed by atoms with Crippen LogP contribution in [0.3, 0.4) is 0 Å². The molecule has 0 saturated carbocycles. The van der Waals surface area contributed by atoms with Gasteiger partial charge < -0.3 is 15.0 Å². The molecule has 0 radical (unpaired) electrons. The van der Waals surface area contributed by atoms with Crippen molar-refractivity contribution in [3.8, 4) is 5.75 Å². The van der Waals surface area contributed by atoms with E-state index < -0.39 is 0 Å². The van der Waals surface area contributed by atoms with E-state index in [1.165, 1.54) is 16.7 Å². The van der Waals surface area contributed by atoms with E-state index in [-0.39, 0.29) is 18.4 Å². The van der Waals surface area contributed by atoms with Crippen molar-refractivity contribution in [2.45, 2.75) is 5.75 Å². The van der Waals surface area contributed by atoms with Crippen LogP contribution >= 0.6 is 23.4 Å². The van der Waals surface area contributed by atoms with Gasteiger partial charge in [0.05, 0.1) is 5.75 Å². The highest BCUT2D eigenvalue weighted by atomic mass is 35.5. The third-order valence-corrected chi connectivity index (χ3v) is 4.63.